The number of hydrogen-bond acceptors (Lipinski definition) is 4. The number of nitrogens with one attached hydrogen (secondary N) is 1. The molecule has 0 unspecified atom stereocenters. The molecule has 0 spiro atoms. The number of benzene rings is 2. The van der Waals surface area contributed by atoms with E-state index >= 15 is 0 Å². The number of anilines is 2. The van der Waals surface area contributed by atoms with Crippen molar-refractivity contribution in [1.29, 1.82) is 0 Å². The first-order chi connectivity index (χ1) is 9.08. The second-order valence-electron chi connectivity index (χ2n) is 3.85. The number of carbonyl (C=O) groups is 1. The van der Waals surface area contributed by atoms with Crippen LogP contribution in [0.5, 0.6) is 0 Å². The molecule has 0 aliphatic rings. The van der Waals surface area contributed by atoms with Gasteiger partial charge in [-0.2, -0.15) is 0 Å². The lowest BCUT2D eigenvalue weighted by molar-refractivity contribution is -0.384. The number of carbonyl (C=O) groups excluding carboxylic acids is 1. The van der Waals surface area contributed by atoms with Crippen molar-refractivity contribution in [3.05, 3.63) is 64.2 Å². The standard InChI is InChI=1S/C13H11N3O3/c14-11-3-1-2-4-12(11)15-13(17)9-5-7-10(8-6-9)16(18)19/h1-8H,14H2,(H,15,17). The van der Waals surface area contributed by atoms with E-state index in [-0.39, 0.29) is 11.6 Å². The molecule has 0 aliphatic heterocycles. The van der Waals surface area contributed by atoms with E-state index in [2.05, 4.69) is 5.32 Å². The number of rotatable bonds is 3. The number of nitro groups is 1. The molecular formula is C13H11N3O3. The van der Waals surface area contributed by atoms with Gasteiger partial charge in [-0.1, -0.05) is 12.1 Å². The minimum Gasteiger partial charge on any atom is -0.397 e. The predicted molar refractivity (Wildman–Crippen MR) is 71.9 cm³/mol. The van der Waals surface area contributed by atoms with Crippen LogP contribution in [0.15, 0.2) is 48.5 Å². The van der Waals surface area contributed by atoms with Gasteiger partial charge in [0.1, 0.15) is 0 Å². The van der Waals surface area contributed by atoms with Crippen molar-refractivity contribution in [2.75, 3.05) is 11.1 Å². The fourth-order valence-corrected chi connectivity index (χ4v) is 1.54. The Kier molecular flexibility index (Phi) is 3.42. The third-order valence-corrected chi connectivity index (χ3v) is 2.55. The molecule has 2 rings (SSSR count). The first kappa shape index (κ1) is 12.6. The van der Waals surface area contributed by atoms with Gasteiger partial charge in [0.05, 0.1) is 16.3 Å². The molecule has 0 radical (unpaired) electrons. The molecule has 3 N–H and O–H groups in total. The van der Waals surface area contributed by atoms with Gasteiger partial charge in [0.25, 0.3) is 11.6 Å². The van der Waals surface area contributed by atoms with Crippen LogP contribution < -0.4 is 11.1 Å². The van der Waals surface area contributed by atoms with E-state index in [0.29, 0.717) is 16.9 Å². The molecular weight excluding hydrogens is 246 g/mol. The first-order valence-electron chi connectivity index (χ1n) is 5.48. The number of nitrogens with two attached hydrogens (primary N) is 1. The van der Waals surface area contributed by atoms with E-state index in [9.17, 15) is 14.9 Å². The summed E-state index contributed by atoms with van der Waals surface area (Å²) in [4.78, 5) is 21.9. The molecule has 6 nitrogen and oxygen atoms in total. The van der Waals surface area contributed by atoms with Crippen LogP contribution in [-0.2, 0) is 0 Å². The van der Waals surface area contributed by atoms with Gasteiger partial charge < -0.3 is 11.1 Å². The summed E-state index contributed by atoms with van der Waals surface area (Å²) in [6, 6.07) is 12.2. The summed E-state index contributed by atoms with van der Waals surface area (Å²) in [5.41, 5.74) is 6.94. The fourth-order valence-electron chi connectivity index (χ4n) is 1.54. The highest BCUT2D eigenvalue weighted by Gasteiger charge is 2.10. The smallest absolute Gasteiger partial charge is 0.269 e. The lowest BCUT2D eigenvalue weighted by Crippen LogP contribution is -2.13. The minimum atomic E-state index is -0.517. The molecule has 19 heavy (non-hydrogen) atoms. The molecule has 96 valence electrons. The van der Waals surface area contributed by atoms with Crippen molar-refractivity contribution < 1.29 is 9.72 Å². The van der Waals surface area contributed by atoms with E-state index in [1.165, 1.54) is 24.3 Å². The maximum absolute atomic E-state index is 11.9. The molecule has 0 aliphatic carbocycles. The van der Waals surface area contributed by atoms with Crippen LogP contribution in [0.2, 0.25) is 0 Å². The van der Waals surface area contributed by atoms with Crippen LogP contribution in [0.1, 0.15) is 10.4 Å². The second kappa shape index (κ2) is 5.18. The van der Waals surface area contributed by atoms with Crippen LogP contribution in [0.3, 0.4) is 0 Å². The second-order valence-corrected chi connectivity index (χ2v) is 3.85. The normalized spacial score (nSPS) is 9.89. The van der Waals surface area contributed by atoms with Crippen LogP contribution in [0.25, 0.3) is 0 Å². The SMILES string of the molecule is Nc1ccccc1NC(=O)c1ccc([N+](=O)[O-])cc1. The largest absolute Gasteiger partial charge is 0.397 e. The summed E-state index contributed by atoms with van der Waals surface area (Å²) in [6.45, 7) is 0. The quantitative estimate of drug-likeness (QED) is 0.501. The lowest BCUT2D eigenvalue weighted by atomic mass is 10.2. The summed E-state index contributed by atoms with van der Waals surface area (Å²) in [5.74, 6) is -0.368. The van der Waals surface area contributed by atoms with E-state index < -0.39 is 4.92 Å². The number of non-ortho nitro benzene ring substituents is 1. The summed E-state index contributed by atoms with van der Waals surface area (Å²) in [5, 5.41) is 13.1. The zero-order valence-electron chi connectivity index (χ0n) is 9.87. The zero-order valence-corrected chi connectivity index (χ0v) is 9.87. The molecule has 0 heterocycles. The van der Waals surface area contributed by atoms with Gasteiger partial charge in [-0.3, -0.25) is 14.9 Å². The summed E-state index contributed by atoms with van der Waals surface area (Å²) in [6.07, 6.45) is 0. The van der Waals surface area contributed by atoms with Crippen molar-refractivity contribution in [3.63, 3.8) is 0 Å². The third kappa shape index (κ3) is 2.86. The Morgan fingerprint density at radius 3 is 2.32 bits per heavy atom. The van der Waals surface area contributed by atoms with Crippen LogP contribution in [0, 0.1) is 10.1 Å². The maximum Gasteiger partial charge on any atom is 0.269 e. The number of nitrogens with zero attached hydrogens (tertiary/aromatic N) is 1. The van der Waals surface area contributed by atoms with E-state index in [4.69, 9.17) is 5.73 Å². The molecule has 6 heteroatoms. The number of nitro benzene ring substituents is 1. The first-order valence-corrected chi connectivity index (χ1v) is 5.48. The summed E-state index contributed by atoms with van der Waals surface area (Å²) in [7, 11) is 0. The molecule has 2 aromatic rings. The van der Waals surface area contributed by atoms with Gasteiger partial charge in [-0.05, 0) is 24.3 Å². The lowest BCUT2D eigenvalue weighted by Gasteiger charge is -2.07. The Labute approximate surface area is 109 Å². The molecule has 0 fully saturated rings. The highest BCUT2D eigenvalue weighted by atomic mass is 16.6. The van der Waals surface area contributed by atoms with Crippen LogP contribution >= 0.6 is 0 Å². The highest BCUT2D eigenvalue weighted by Crippen LogP contribution is 2.18. The van der Waals surface area contributed by atoms with Crippen LogP contribution in [-0.4, -0.2) is 10.8 Å². The van der Waals surface area contributed by atoms with Gasteiger partial charge in [-0.15, -0.1) is 0 Å². The Hall–Kier alpha value is -2.89. The molecule has 0 bridgehead atoms. The number of para-hydroxylation sites is 2. The predicted octanol–water partition coefficient (Wildman–Crippen LogP) is 2.43. The van der Waals surface area contributed by atoms with E-state index in [1.807, 2.05) is 0 Å². The number of amides is 1. The molecule has 0 atom stereocenters. The van der Waals surface area contributed by atoms with Gasteiger partial charge in [0, 0.05) is 17.7 Å². The van der Waals surface area contributed by atoms with Gasteiger partial charge in [0.15, 0.2) is 0 Å². The van der Waals surface area contributed by atoms with Crippen molar-refractivity contribution in [1.82, 2.24) is 0 Å². The van der Waals surface area contributed by atoms with Gasteiger partial charge in [-0.25, -0.2) is 0 Å². The van der Waals surface area contributed by atoms with Crippen molar-refractivity contribution in [3.8, 4) is 0 Å². The average molecular weight is 257 g/mol. The van der Waals surface area contributed by atoms with Crippen molar-refractivity contribution in [2.24, 2.45) is 0 Å². The third-order valence-electron chi connectivity index (χ3n) is 2.55. The molecule has 0 aromatic heterocycles. The molecule has 2 aromatic carbocycles. The van der Waals surface area contributed by atoms with Crippen molar-refractivity contribution in [2.45, 2.75) is 0 Å². The molecule has 1 amide bonds. The van der Waals surface area contributed by atoms with Crippen LogP contribution in [0.4, 0.5) is 17.1 Å². The van der Waals surface area contributed by atoms with Gasteiger partial charge in [0.2, 0.25) is 0 Å². The molecule has 0 saturated carbocycles. The number of nitrogen functional groups attached to an aromatic ring is 1. The summed E-state index contributed by atoms with van der Waals surface area (Å²) < 4.78 is 0. The Morgan fingerprint density at radius 2 is 1.74 bits per heavy atom. The number of hydrogen-bond donors (Lipinski definition) is 2. The van der Waals surface area contributed by atoms with Crippen molar-refractivity contribution >= 4 is 23.0 Å². The summed E-state index contributed by atoms with van der Waals surface area (Å²) >= 11 is 0. The monoisotopic (exact) mass is 257 g/mol. The Balaban J connectivity index is 2.16. The zero-order chi connectivity index (χ0) is 13.8. The molecule has 0 saturated heterocycles. The van der Waals surface area contributed by atoms with E-state index in [1.54, 1.807) is 24.3 Å². The van der Waals surface area contributed by atoms with Gasteiger partial charge >= 0.3 is 0 Å². The highest BCUT2D eigenvalue weighted by molar-refractivity contribution is 6.05. The minimum absolute atomic E-state index is 0.0595. The Morgan fingerprint density at radius 1 is 1.11 bits per heavy atom. The topological polar surface area (TPSA) is 98.3 Å². The Bertz CT molecular complexity index is 623. The average Bonchev–Trinajstić information content (AvgIpc) is 2.41. The maximum atomic E-state index is 11.9. The fraction of sp³-hybridized carbons (Fsp3) is 0. The van der Waals surface area contributed by atoms with E-state index in [0.717, 1.165) is 0 Å².